The van der Waals surface area contributed by atoms with Crippen molar-refractivity contribution in [2.45, 2.75) is 81.2 Å². The summed E-state index contributed by atoms with van der Waals surface area (Å²) in [6, 6.07) is 54.3. The first-order valence-electron chi connectivity index (χ1n) is 41.6. The van der Waals surface area contributed by atoms with E-state index in [1.807, 2.05) is 24.3 Å². The van der Waals surface area contributed by atoms with Crippen LogP contribution in [0.5, 0.6) is 35.0 Å². The minimum Gasteiger partial charge on any atom is -0.478 e. The van der Waals surface area contributed by atoms with Crippen molar-refractivity contribution in [2.75, 3.05) is 26.6 Å². The highest BCUT2D eigenvalue weighted by atomic mass is 32.2. The van der Waals surface area contributed by atoms with Crippen molar-refractivity contribution in [3.63, 3.8) is 0 Å². The summed E-state index contributed by atoms with van der Waals surface area (Å²) in [5.41, 5.74) is 3.17. The molecule has 8 N–H and O–H groups in total. The highest BCUT2D eigenvalue weighted by Gasteiger charge is 2.38. The van der Waals surface area contributed by atoms with Crippen LogP contribution >= 0.6 is 0 Å². The largest absolute Gasteiger partial charge is 0.478 e. The molecule has 668 valence electrons. The van der Waals surface area contributed by atoms with Crippen LogP contribution in [0.2, 0.25) is 0 Å². The lowest BCUT2D eigenvalue weighted by molar-refractivity contribution is -0.121. The Bertz CT molecular complexity index is 7570. The molecule has 133 heavy (non-hydrogen) atoms. The van der Waals surface area contributed by atoms with E-state index in [1.165, 1.54) is 64.7 Å². The Morgan fingerprint density at radius 3 is 1.35 bits per heavy atom. The van der Waals surface area contributed by atoms with Gasteiger partial charge in [-0.3, -0.25) is 42.9 Å². The van der Waals surface area contributed by atoms with E-state index in [0.29, 0.717) is 85.9 Å². The molecule has 0 saturated heterocycles. The van der Waals surface area contributed by atoms with Crippen molar-refractivity contribution >= 4 is 137 Å². The van der Waals surface area contributed by atoms with Crippen LogP contribution in [0.3, 0.4) is 0 Å². The van der Waals surface area contributed by atoms with E-state index in [9.17, 15) is 71.1 Å². The van der Waals surface area contributed by atoms with Gasteiger partial charge in [-0.05, 0) is 165 Å². The number of aryl methyl sites for hydroxylation is 2. The normalized spacial score (nSPS) is 15.2. The van der Waals surface area contributed by atoms with Crippen molar-refractivity contribution in [3.8, 4) is 57.3 Å². The molecule has 10 aromatic carbocycles. The number of carboxylic acids is 2. The van der Waals surface area contributed by atoms with Gasteiger partial charge in [-0.2, -0.15) is 38.3 Å². The molecule has 0 radical (unpaired) electrons. The second kappa shape index (κ2) is 37.2. The number of anilines is 8. The summed E-state index contributed by atoms with van der Waals surface area (Å²) >= 11 is 0. The third kappa shape index (κ3) is 18.6. The van der Waals surface area contributed by atoms with Gasteiger partial charge in [0.05, 0.1) is 61.5 Å². The number of ether oxygens (including phenoxy) is 4. The smallest absolute Gasteiger partial charge is 0.425 e. The van der Waals surface area contributed by atoms with Gasteiger partial charge in [0.15, 0.2) is 23.1 Å². The predicted octanol–water partition coefficient (Wildman–Crippen LogP) is 14.8. The maximum absolute atomic E-state index is 15.0. The standard InChI is InChI=1S/C96H75N13O19S.O3S/c1-108-72-35-33-69(78-80(72)76(65-20-9-11-22-67(65)86(78)114)82(88(108)116)84(112)53-15-5-3-6-16-53)97-59-19-13-14-52(39-59)40-75-102-92(105-95(103-75)127-63-43-55(90(118)119)41-61(46-63)125-48-110)98-57-28-24-50(25-29-57)38-51-26-30-58(31-27-51)99-93-104-94(107-96(106-93)128-64-44-56(91(120)121)42-62(47-64)126-49-111)100-60-32-37-74(129(122,123)124)71(45-60)101-70-34-36-73-81-77(66-21-10-12-23-68(66)87(115)79(70)81)83(89(117)109(73)2)85(113)54-17-7-4-8-18-54;1-4(2)3/h3-23,32-37,39,41-51,57-58,97,101H,24-31,38,40H2,1-2H3,(H,118,119)(H,120,121)(H,122,123,124)(H,98,102,103,105)(H2,99,100,104,106,107);. The Labute approximate surface area is 755 Å². The van der Waals surface area contributed by atoms with Crippen LogP contribution in [-0.4, -0.2) is 135 Å². The van der Waals surface area contributed by atoms with Crippen molar-refractivity contribution in [1.29, 1.82) is 0 Å². The number of nitrogens with one attached hydrogen (secondary N) is 5. The third-order valence-corrected chi connectivity index (χ3v) is 24.6. The van der Waals surface area contributed by atoms with Gasteiger partial charge in [-0.1, -0.05) is 121 Å². The lowest BCUT2D eigenvalue weighted by Crippen LogP contribution is -2.30. The number of rotatable bonds is 29. The monoisotopic (exact) mass is 1830 g/mol. The fourth-order valence-corrected chi connectivity index (χ4v) is 18.4. The van der Waals surface area contributed by atoms with E-state index in [-0.39, 0.29) is 168 Å². The van der Waals surface area contributed by atoms with E-state index in [2.05, 4.69) is 41.5 Å². The second-order valence-corrected chi connectivity index (χ2v) is 33.8. The first-order valence-corrected chi connectivity index (χ1v) is 44.1. The van der Waals surface area contributed by atoms with Gasteiger partial charge >= 0.3 is 34.6 Å². The summed E-state index contributed by atoms with van der Waals surface area (Å²) in [6.07, 6.45) is 7.29. The number of fused-ring (bicyclic) bond motifs is 4. The zero-order valence-corrected chi connectivity index (χ0v) is 71.9. The van der Waals surface area contributed by atoms with Crippen molar-refractivity contribution < 1.29 is 93.1 Å². The first-order chi connectivity index (χ1) is 64.1. The zero-order valence-electron chi connectivity index (χ0n) is 70.2. The number of benzene rings is 10. The van der Waals surface area contributed by atoms with Crippen molar-refractivity contribution in [1.82, 2.24) is 39.0 Å². The summed E-state index contributed by atoms with van der Waals surface area (Å²) in [7, 11) is -5.08. The number of pyridine rings is 2. The third-order valence-electron chi connectivity index (χ3n) is 23.7. The Balaban J connectivity index is 0.00000302. The first kappa shape index (κ1) is 88.4. The Morgan fingerprint density at radius 1 is 0.444 bits per heavy atom. The number of carbonyl (C=O) groups is 8. The molecule has 37 heteroatoms. The molecule has 4 aliphatic rings. The number of nitrogens with zero attached hydrogens (tertiary/aromatic N) is 8. The highest BCUT2D eigenvalue weighted by Crippen LogP contribution is 2.48. The van der Waals surface area contributed by atoms with E-state index >= 15 is 0 Å². The van der Waals surface area contributed by atoms with Gasteiger partial charge < -0.3 is 64.9 Å². The summed E-state index contributed by atoms with van der Waals surface area (Å²) in [5.74, 6) is -4.03. The van der Waals surface area contributed by atoms with Crippen LogP contribution in [0, 0.1) is 11.8 Å². The Morgan fingerprint density at radius 2 is 0.880 bits per heavy atom. The maximum atomic E-state index is 15.0. The fourth-order valence-electron chi connectivity index (χ4n) is 17.7. The Kier molecular flexibility index (Phi) is 24.7. The van der Waals surface area contributed by atoms with E-state index in [0.717, 1.165) is 57.1 Å². The van der Waals surface area contributed by atoms with Crippen LogP contribution in [0.4, 0.5) is 46.3 Å². The molecule has 0 spiro atoms. The number of hydrogen-bond acceptors (Lipinski definition) is 30. The van der Waals surface area contributed by atoms with Crippen molar-refractivity contribution in [3.05, 3.63) is 300 Å². The topological polar surface area (TPSA) is 501 Å². The van der Waals surface area contributed by atoms with Gasteiger partial charge in [0.1, 0.15) is 33.7 Å². The van der Waals surface area contributed by atoms with Crippen LogP contribution in [0.15, 0.2) is 227 Å². The number of aromatic carboxylic acids is 2. The lowest BCUT2D eigenvalue weighted by Gasteiger charge is -2.34. The molecule has 35 nitrogen and oxygen atoms in total. The summed E-state index contributed by atoms with van der Waals surface area (Å²) < 4.78 is 87.8. The molecule has 0 atom stereocenters. The number of aromatic nitrogens is 8. The predicted molar refractivity (Wildman–Crippen MR) is 484 cm³/mol. The van der Waals surface area contributed by atoms with Gasteiger partial charge in [-0.15, -0.1) is 12.6 Å². The summed E-state index contributed by atoms with van der Waals surface area (Å²) in [6.45, 7) is 0.278. The highest BCUT2D eigenvalue weighted by molar-refractivity contribution is 7.86. The van der Waals surface area contributed by atoms with E-state index < -0.39 is 66.0 Å². The number of carbonyl (C=O) groups excluding carboxylic acids is 6. The van der Waals surface area contributed by atoms with Gasteiger partial charge in [0, 0.05) is 100 Å². The van der Waals surface area contributed by atoms with Gasteiger partial charge in [-0.25, -0.2) is 9.59 Å². The molecule has 14 aromatic rings. The molecular formula is C96H75N13O22S2. The molecule has 2 saturated carbocycles. The molecule has 2 fully saturated rings. The minimum absolute atomic E-state index is 0.000321. The average Bonchev–Trinajstić information content (AvgIpc) is 0.709. The quantitative estimate of drug-likeness (QED) is 0.0123. The maximum Gasteiger partial charge on any atom is 0.425 e. The van der Waals surface area contributed by atoms with E-state index in [4.69, 9.17) is 46.5 Å². The van der Waals surface area contributed by atoms with Gasteiger partial charge in [0.25, 0.3) is 34.2 Å². The molecule has 0 bridgehead atoms. The number of carboxylic acid groups (broad SMARTS) is 2. The molecular weight excluding hydrogens is 1750 g/mol. The molecule has 4 heterocycles. The van der Waals surface area contributed by atoms with Crippen LogP contribution in [-0.2, 0) is 50.8 Å². The van der Waals surface area contributed by atoms with E-state index in [1.54, 1.807) is 134 Å². The fraction of sp³-hybridized carbons (Fsp3) is 0.167. The summed E-state index contributed by atoms with van der Waals surface area (Å²) in [5, 5.41) is 37.3. The van der Waals surface area contributed by atoms with Crippen LogP contribution < -0.4 is 56.6 Å². The second-order valence-electron chi connectivity index (χ2n) is 32.0. The zero-order chi connectivity index (χ0) is 93.2. The molecule has 18 rings (SSSR count). The molecule has 0 unspecified atom stereocenters. The van der Waals surface area contributed by atoms with Crippen LogP contribution in [0.1, 0.15) is 154 Å². The molecule has 4 aliphatic carbocycles. The number of ketones is 4. The Hall–Kier alpha value is -16.7. The lowest BCUT2D eigenvalue weighted by atomic mass is 9.75. The molecule has 0 amide bonds. The van der Waals surface area contributed by atoms with Crippen molar-refractivity contribution in [2.24, 2.45) is 25.9 Å². The number of hydrogen-bond donors (Lipinski definition) is 8. The molecule has 4 aromatic heterocycles. The minimum atomic E-state index is -5.03. The van der Waals surface area contributed by atoms with Gasteiger partial charge in [0.2, 0.25) is 17.8 Å². The molecule has 0 aliphatic heterocycles. The summed E-state index contributed by atoms with van der Waals surface area (Å²) in [4.78, 5) is 163. The van der Waals surface area contributed by atoms with Crippen LogP contribution in [0.25, 0.3) is 44.1 Å². The average molecular weight is 1830 g/mol. The SMILES string of the molecule is Cn1c(=O)c(C(=O)c2ccccc2)c2c3c(c(Nc4cccc(Cc5nc(NC6CCC(CC7CCC(Nc8nc(Nc9ccc(S(=O)(=O)O)c(Nc%10ccc%11c%12c%10C(=O)c%10ccccc%10-c%12c(C(=O)c%10ccccc%10)c(=O)n%11C)c9)nc(Oc9cc(OC=O)cc(C(=O)O)c9)n8)CC7)CC6)nc(Oc6cc(OC=O)cc(C(=O)O)c6)n5)c4)ccc31)C(=O)c1ccccc1-2.O=S(=O)=O.